The third-order valence-corrected chi connectivity index (χ3v) is 3.85. The Hall–Kier alpha value is -1.72. The van der Waals surface area contributed by atoms with Crippen molar-refractivity contribution >= 4 is 27.5 Å². The zero-order chi connectivity index (χ0) is 15.6. The molecule has 1 amide bonds. The summed E-state index contributed by atoms with van der Waals surface area (Å²) in [6.45, 7) is 3.69. The van der Waals surface area contributed by atoms with Crippen LogP contribution in [0.1, 0.15) is 22.7 Å². The summed E-state index contributed by atoms with van der Waals surface area (Å²) in [5, 5.41) is 2.73. The number of halogens is 2. The summed E-state index contributed by atoms with van der Waals surface area (Å²) in [7, 11) is 0. The monoisotopic (exact) mass is 350 g/mol. The van der Waals surface area contributed by atoms with E-state index in [2.05, 4.69) is 21.2 Å². The number of nitrogens with two attached hydrogens (primary N) is 1. The van der Waals surface area contributed by atoms with Gasteiger partial charge in [0, 0.05) is 5.69 Å². The molecule has 0 aliphatic heterocycles. The highest BCUT2D eigenvalue weighted by Gasteiger charge is 2.17. The van der Waals surface area contributed by atoms with E-state index in [1.807, 2.05) is 31.2 Å². The smallest absolute Gasteiger partial charge is 0.245 e. The number of nitrogens with one attached hydrogen (secondary N) is 1. The fourth-order valence-corrected chi connectivity index (χ4v) is 2.26. The van der Waals surface area contributed by atoms with Gasteiger partial charge in [0.15, 0.2) is 0 Å². The average molecular weight is 351 g/mol. The van der Waals surface area contributed by atoms with Crippen molar-refractivity contribution in [1.29, 1.82) is 0 Å². The molecule has 0 spiro atoms. The lowest BCUT2D eigenvalue weighted by atomic mass is 10.0. The lowest BCUT2D eigenvalue weighted by Gasteiger charge is -2.15. The van der Waals surface area contributed by atoms with Gasteiger partial charge in [-0.25, -0.2) is 4.39 Å². The van der Waals surface area contributed by atoms with Gasteiger partial charge in [-0.15, -0.1) is 0 Å². The number of benzene rings is 2. The van der Waals surface area contributed by atoms with Crippen LogP contribution in [0.3, 0.4) is 0 Å². The maximum absolute atomic E-state index is 13.4. The summed E-state index contributed by atoms with van der Waals surface area (Å²) < 4.78 is 13.7. The van der Waals surface area contributed by atoms with Gasteiger partial charge in [-0.05, 0) is 53.0 Å². The molecule has 0 aromatic heterocycles. The van der Waals surface area contributed by atoms with Crippen LogP contribution in [0.25, 0.3) is 0 Å². The number of anilines is 1. The molecule has 0 saturated heterocycles. The summed E-state index contributed by atoms with van der Waals surface area (Å²) in [6, 6.07) is 9.58. The first kappa shape index (κ1) is 15.7. The Kier molecular flexibility index (Phi) is 4.75. The first-order valence-electron chi connectivity index (χ1n) is 6.47. The summed E-state index contributed by atoms with van der Waals surface area (Å²) in [5.41, 5.74) is 8.97. The van der Waals surface area contributed by atoms with Gasteiger partial charge in [0.05, 0.1) is 4.47 Å². The van der Waals surface area contributed by atoms with E-state index in [0.717, 1.165) is 11.1 Å². The molecule has 5 heteroatoms. The van der Waals surface area contributed by atoms with Crippen molar-refractivity contribution in [2.24, 2.45) is 5.73 Å². The Labute approximate surface area is 131 Å². The number of carbonyl (C=O) groups excluding carboxylic acids is 1. The maximum Gasteiger partial charge on any atom is 0.245 e. The Morgan fingerprint density at radius 1 is 1.24 bits per heavy atom. The van der Waals surface area contributed by atoms with Crippen LogP contribution in [0.15, 0.2) is 40.9 Å². The highest BCUT2D eigenvalue weighted by atomic mass is 79.9. The molecule has 0 aliphatic carbocycles. The fourth-order valence-electron chi connectivity index (χ4n) is 1.92. The largest absolute Gasteiger partial charge is 0.324 e. The molecule has 2 rings (SSSR count). The van der Waals surface area contributed by atoms with Gasteiger partial charge in [-0.1, -0.05) is 29.8 Å². The van der Waals surface area contributed by atoms with Gasteiger partial charge in [-0.2, -0.15) is 0 Å². The topological polar surface area (TPSA) is 55.1 Å². The van der Waals surface area contributed by atoms with Crippen LogP contribution in [-0.2, 0) is 4.79 Å². The molecule has 21 heavy (non-hydrogen) atoms. The summed E-state index contributed by atoms with van der Waals surface area (Å²) in [5.74, 6) is -0.700. The van der Waals surface area contributed by atoms with Crippen molar-refractivity contribution in [3.63, 3.8) is 0 Å². The SMILES string of the molecule is Cc1ccc(C(N)C(=O)Nc2cc(Br)c(F)cc2C)cc1. The molecule has 0 radical (unpaired) electrons. The minimum atomic E-state index is -0.770. The van der Waals surface area contributed by atoms with Gasteiger partial charge >= 0.3 is 0 Å². The number of rotatable bonds is 3. The lowest BCUT2D eigenvalue weighted by Crippen LogP contribution is -2.28. The van der Waals surface area contributed by atoms with E-state index in [1.54, 1.807) is 6.92 Å². The number of carbonyl (C=O) groups is 1. The molecule has 0 fully saturated rings. The average Bonchev–Trinajstić information content (AvgIpc) is 2.44. The van der Waals surface area contributed by atoms with E-state index < -0.39 is 6.04 Å². The predicted octanol–water partition coefficient (Wildman–Crippen LogP) is 3.84. The summed E-state index contributed by atoms with van der Waals surface area (Å²) in [4.78, 5) is 12.2. The Morgan fingerprint density at radius 2 is 1.86 bits per heavy atom. The second kappa shape index (κ2) is 6.37. The predicted molar refractivity (Wildman–Crippen MR) is 85.6 cm³/mol. The molecule has 2 aromatic rings. The van der Waals surface area contributed by atoms with Gasteiger partial charge in [0.25, 0.3) is 0 Å². The quantitative estimate of drug-likeness (QED) is 0.883. The molecule has 1 atom stereocenters. The van der Waals surface area contributed by atoms with Crippen LogP contribution < -0.4 is 11.1 Å². The lowest BCUT2D eigenvalue weighted by molar-refractivity contribution is -0.117. The third kappa shape index (κ3) is 3.68. The maximum atomic E-state index is 13.4. The number of hydrogen-bond donors (Lipinski definition) is 2. The van der Waals surface area contributed by atoms with Crippen molar-refractivity contribution in [3.05, 3.63) is 63.4 Å². The van der Waals surface area contributed by atoms with E-state index in [9.17, 15) is 9.18 Å². The van der Waals surface area contributed by atoms with Crippen molar-refractivity contribution in [2.75, 3.05) is 5.32 Å². The summed E-state index contributed by atoms with van der Waals surface area (Å²) >= 11 is 3.10. The molecule has 0 bridgehead atoms. The van der Waals surface area contributed by atoms with Crippen molar-refractivity contribution < 1.29 is 9.18 Å². The van der Waals surface area contributed by atoms with E-state index in [4.69, 9.17) is 5.73 Å². The van der Waals surface area contributed by atoms with E-state index >= 15 is 0 Å². The standard InChI is InChI=1S/C16H16BrFN2O/c1-9-3-5-11(6-4-9)15(19)16(21)20-14-8-12(17)13(18)7-10(14)2/h3-8,15H,19H2,1-2H3,(H,20,21). The molecule has 3 nitrogen and oxygen atoms in total. The Morgan fingerprint density at radius 3 is 2.48 bits per heavy atom. The molecule has 0 heterocycles. The van der Waals surface area contributed by atoms with Gasteiger partial charge in [-0.3, -0.25) is 4.79 Å². The molecule has 0 aliphatic rings. The van der Waals surface area contributed by atoms with Crippen LogP contribution >= 0.6 is 15.9 Å². The minimum Gasteiger partial charge on any atom is -0.324 e. The molecule has 110 valence electrons. The zero-order valence-electron chi connectivity index (χ0n) is 11.8. The van der Waals surface area contributed by atoms with Gasteiger partial charge in [0.1, 0.15) is 11.9 Å². The number of hydrogen-bond acceptors (Lipinski definition) is 2. The second-order valence-electron chi connectivity index (χ2n) is 4.96. The molecule has 1 unspecified atom stereocenters. The Balaban J connectivity index is 2.18. The normalized spacial score (nSPS) is 12.0. The molecule has 3 N–H and O–H groups in total. The minimum absolute atomic E-state index is 0.298. The van der Waals surface area contributed by atoms with Crippen LogP contribution in [-0.4, -0.2) is 5.91 Å². The number of aryl methyl sites for hydroxylation is 2. The van der Waals surface area contributed by atoms with Crippen molar-refractivity contribution in [3.8, 4) is 0 Å². The Bertz CT molecular complexity index is 671. The third-order valence-electron chi connectivity index (χ3n) is 3.24. The molecule has 2 aromatic carbocycles. The zero-order valence-corrected chi connectivity index (χ0v) is 13.4. The van der Waals surface area contributed by atoms with Gasteiger partial charge in [0.2, 0.25) is 5.91 Å². The first-order valence-corrected chi connectivity index (χ1v) is 7.26. The van der Waals surface area contributed by atoms with E-state index in [1.165, 1.54) is 12.1 Å². The van der Waals surface area contributed by atoms with E-state index in [0.29, 0.717) is 15.7 Å². The molecular weight excluding hydrogens is 335 g/mol. The highest BCUT2D eigenvalue weighted by Crippen LogP contribution is 2.25. The van der Waals surface area contributed by atoms with Crippen LogP contribution in [0, 0.1) is 19.7 Å². The highest BCUT2D eigenvalue weighted by molar-refractivity contribution is 9.10. The molecule has 0 saturated carbocycles. The van der Waals surface area contributed by atoms with Crippen LogP contribution in [0.5, 0.6) is 0 Å². The second-order valence-corrected chi connectivity index (χ2v) is 5.81. The van der Waals surface area contributed by atoms with E-state index in [-0.39, 0.29) is 11.7 Å². The molecular formula is C16H16BrFN2O. The summed E-state index contributed by atoms with van der Waals surface area (Å²) in [6.07, 6.45) is 0. The van der Waals surface area contributed by atoms with Gasteiger partial charge < -0.3 is 11.1 Å². The van der Waals surface area contributed by atoms with Crippen LogP contribution in [0.2, 0.25) is 0 Å². The van der Waals surface area contributed by atoms with Crippen molar-refractivity contribution in [1.82, 2.24) is 0 Å². The first-order chi connectivity index (χ1) is 9.88. The number of amides is 1. The fraction of sp³-hybridized carbons (Fsp3) is 0.188. The van der Waals surface area contributed by atoms with Crippen molar-refractivity contribution in [2.45, 2.75) is 19.9 Å². The van der Waals surface area contributed by atoms with Crippen LogP contribution in [0.4, 0.5) is 10.1 Å².